The SMILES string of the molecule is Cc1cc(C)n(-c2ccc([C@@H](C)NC(=O)c3cnn(C)c3-n3cccc3)cc2)n1. The Bertz CT molecular complexity index is 1130. The van der Waals surface area contributed by atoms with E-state index in [1.165, 1.54) is 0 Å². The molecule has 1 aromatic carbocycles. The van der Waals surface area contributed by atoms with Crippen LogP contribution in [0.2, 0.25) is 0 Å². The lowest BCUT2D eigenvalue weighted by molar-refractivity contribution is 0.0940. The maximum Gasteiger partial charge on any atom is 0.257 e. The van der Waals surface area contributed by atoms with Gasteiger partial charge in [-0.1, -0.05) is 12.1 Å². The molecule has 0 unspecified atom stereocenters. The lowest BCUT2D eigenvalue weighted by atomic mass is 10.1. The zero-order valence-corrected chi connectivity index (χ0v) is 17.0. The number of nitrogens with one attached hydrogen (secondary N) is 1. The van der Waals surface area contributed by atoms with Gasteiger partial charge in [-0.25, -0.2) is 4.68 Å². The van der Waals surface area contributed by atoms with E-state index in [1.807, 2.05) is 91.9 Å². The lowest BCUT2D eigenvalue weighted by Crippen LogP contribution is -2.27. The van der Waals surface area contributed by atoms with Crippen LogP contribution in [0.3, 0.4) is 0 Å². The molecule has 148 valence electrons. The van der Waals surface area contributed by atoms with Gasteiger partial charge >= 0.3 is 0 Å². The highest BCUT2D eigenvalue weighted by molar-refractivity contribution is 5.97. The van der Waals surface area contributed by atoms with Crippen molar-refractivity contribution < 1.29 is 4.79 Å². The van der Waals surface area contributed by atoms with Gasteiger partial charge in [0.15, 0.2) is 0 Å². The van der Waals surface area contributed by atoms with Crippen molar-refractivity contribution in [1.82, 2.24) is 29.4 Å². The van der Waals surface area contributed by atoms with Crippen molar-refractivity contribution in [3.8, 4) is 11.5 Å². The van der Waals surface area contributed by atoms with E-state index in [0.29, 0.717) is 5.56 Å². The number of hydrogen-bond acceptors (Lipinski definition) is 3. The summed E-state index contributed by atoms with van der Waals surface area (Å²) in [6.07, 6.45) is 5.40. The number of amides is 1. The molecule has 0 fully saturated rings. The maximum atomic E-state index is 12.9. The molecule has 0 aliphatic heterocycles. The first kappa shape index (κ1) is 18.7. The minimum Gasteiger partial charge on any atom is -0.345 e. The summed E-state index contributed by atoms with van der Waals surface area (Å²) in [4.78, 5) is 12.9. The molecule has 1 atom stereocenters. The molecule has 29 heavy (non-hydrogen) atoms. The smallest absolute Gasteiger partial charge is 0.257 e. The van der Waals surface area contributed by atoms with Gasteiger partial charge in [-0.3, -0.25) is 9.48 Å². The van der Waals surface area contributed by atoms with Crippen molar-refractivity contribution >= 4 is 5.91 Å². The molecule has 1 N–H and O–H groups in total. The topological polar surface area (TPSA) is 69.7 Å². The van der Waals surface area contributed by atoms with Crippen molar-refractivity contribution in [3.63, 3.8) is 0 Å². The maximum absolute atomic E-state index is 12.9. The number of rotatable bonds is 5. The molecule has 1 amide bonds. The zero-order valence-electron chi connectivity index (χ0n) is 17.0. The number of aromatic nitrogens is 5. The molecule has 0 radical (unpaired) electrons. The van der Waals surface area contributed by atoms with E-state index in [4.69, 9.17) is 0 Å². The van der Waals surface area contributed by atoms with Crippen LogP contribution in [-0.2, 0) is 7.05 Å². The zero-order chi connectivity index (χ0) is 20.5. The van der Waals surface area contributed by atoms with E-state index in [9.17, 15) is 4.79 Å². The molecule has 0 aliphatic carbocycles. The van der Waals surface area contributed by atoms with Gasteiger partial charge in [0.25, 0.3) is 5.91 Å². The summed E-state index contributed by atoms with van der Waals surface area (Å²) >= 11 is 0. The van der Waals surface area contributed by atoms with Crippen LogP contribution in [0.5, 0.6) is 0 Å². The Morgan fingerprint density at radius 2 is 1.79 bits per heavy atom. The van der Waals surface area contributed by atoms with Gasteiger partial charge in [0.2, 0.25) is 0 Å². The predicted molar refractivity (Wildman–Crippen MR) is 111 cm³/mol. The highest BCUT2D eigenvalue weighted by atomic mass is 16.1. The van der Waals surface area contributed by atoms with Gasteiger partial charge in [-0.15, -0.1) is 0 Å². The minimum absolute atomic E-state index is 0.144. The van der Waals surface area contributed by atoms with E-state index in [2.05, 4.69) is 15.5 Å². The molecule has 0 saturated heterocycles. The monoisotopic (exact) mass is 388 g/mol. The Morgan fingerprint density at radius 3 is 2.41 bits per heavy atom. The molecule has 0 spiro atoms. The number of carbonyl (C=O) groups excluding carboxylic acids is 1. The van der Waals surface area contributed by atoms with E-state index in [0.717, 1.165) is 28.5 Å². The molecular formula is C22H24N6O. The van der Waals surface area contributed by atoms with Crippen LogP contribution >= 0.6 is 0 Å². The lowest BCUT2D eigenvalue weighted by Gasteiger charge is -2.16. The quantitative estimate of drug-likeness (QED) is 0.569. The molecule has 0 aliphatic rings. The van der Waals surface area contributed by atoms with Gasteiger partial charge in [0.05, 0.1) is 23.6 Å². The van der Waals surface area contributed by atoms with Crippen LogP contribution in [0.4, 0.5) is 0 Å². The molecule has 7 heteroatoms. The minimum atomic E-state index is -0.156. The van der Waals surface area contributed by atoms with Gasteiger partial charge in [-0.05, 0) is 56.7 Å². The van der Waals surface area contributed by atoms with E-state index < -0.39 is 0 Å². The average Bonchev–Trinajstić information content (AvgIpc) is 3.42. The first-order chi connectivity index (χ1) is 13.9. The molecule has 3 aromatic heterocycles. The van der Waals surface area contributed by atoms with Crippen LogP contribution in [0.25, 0.3) is 11.5 Å². The third-order valence-corrected chi connectivity index (χ3v) is 5.00. The van der Waals surface area contributed by atoms with Crippen molar-refractivity contribution in [3.05, 3.63) is 83.6 Å². The van der Waals surface area contributed by atoms with Crippen LogP contribution in [0.1, 0.15) is 40.3 Å². The first-order valence-corrected chi connectivity index (χ1v) is 9.54. The standard InChI is InChI=1S/C22H24N6O/c1-15-13-16(2)28(25-15)19-9-7-18(8-10-19)17(3)24-21(29)20-14-23-26(4)22(20)27-11-5-6-12-27/h5-14,17H,1-4H3,(H,24,29)/t17-/m1/s1. The van der Waals surface area contributed by atoms with Crippen LogP contribution in [0, 0.1) is 13.8 Å². The number of aryl methyl sites for hydroxylation is 3. The molecule has 4 rings (SSSR count). The van der Waals surface area contributed by atoms with Gasteiger partial charge in [-0.2, -0.15) is 10.2 Å². The summed E-state index contributed by atoms with van der Waals surface area (Å²) in [5, 5.41) is 11.8. The fraction of sp³-hybridized carbons (Fsp3) is 0.227. The summed E-state index contributed by atoms with van der Waals surface area (Å²) in [6.45, 7) is 5.99. The largest absolute Gasteiger partial charge is 0.345 e. The van der Waals surface area contributed by atoms with Crippen molar-refractivity contribution in [2.24, 2.45) is 7.05 Å². The predicted octanol–water partition coefficient (Wildman–Crippen LogP) is 3.50. The van der Waals surface area contributed by atoms with Gasteiger partial charge in [0, 0.05) is 25.1 Å². The second-order valence-corrected chi connectivity index (χ2v) is 7.22. The number of hydrogen-bond donors (Lipinski definition) is 1. The highest BCUT2D eigenvalue weighted by Crippen LogP contribution is 2.19. The van der Waals surface area contributed by atoms with Gasteiger partial charge < -0.3 is 9.88 Å². The normalized spacial score (nSPS) is 12.1. The Labute approximate surface area is 169 Å². The first-order valence-electron chi connectivity index (χ1n) is 9.54. The summed E-state index contributed by atoms with van der Waals surface area (Å²) in [5.41, 5.74) is 4.64. The number of carbonyl (C=O) groups is 1. The third kappa shape index (κ3) is 3.59. The molecular weight excluding hydrogens is 364 g/mol. The second-order valence-electron chi connectivity index (χ2n) is 7.22. The van der Waals surface area contributed by atoms with Crippen LogP contribution in [-0.4, -0.2) is 30.0 Å². The molecule has 3 heterocycles. The molecule has 0 bridgehead atoms. The summed E-state index contributed by atoms with van der Waals surface area (Å²) < 4.78 is 5.50. The third-order valence-electron chi connectivity index (χ3n) is 5.00. The summed E-state index contributed by atoms with van der Waals surface area (Å²) in [5.74, 6) is 0.580. The Kier molecular flexibility index (Phi) is 4.80. The fourth-order valence-electron chi connectivity index (χ4n) is 3.53. The van der Waals surface area contributed by atoms with Crippen molar-refractivity contribution in [2.45, 2.75) is 26.8 Å². The average molecular weight is 388 g/mol. The Balaban J connectivity index is 1.52. The van der Waals surface area contributed by atoms with Crippen LogP contribution < -0.4 is 5.32 Å². The highest BCUT2D eigenvalue weighted by Gasteiger charge is 2.19. The molecule has 7 nitrogen and oxygen atoms in total. The second kappa shape index (κ2) is 7.43. The number of nitrogens with zero attached hydrogens (tertiary/aromatic N) is 5. The van der Waals surface area contributed by atoms with Gasteiger partial charge in [0.1, 0.15) is 11.4 Å². The van der Waals surface area contributed by atoms with Crippen molar-refractivity contribution in [1.29, 1.82) is 0 Å². The van der Waals surface area contributed by atoms with E-state index in [1.54, 1.807) is 10.9 Å². The van der Waals surface area contributed by atoms with Crippen molar-refractivity contribution in [2.75, 3.05) is 0 Å². The Hall–Kier alpha value is -3.61. The van der Waals surface area contributed by atoms with Crippen LogP contribution in [0.15, 0.2) is 61.1 Å². The summed E-state index contributed by atoms with van der Waals surface area (Å²) in [6, 6.07) is 13.8. The van der Waals surface area contributed by atoms with E-state index >= 15 is 0 Å². The fourth-order valence-corrected chi connectivity index (χ4v) is 3.53. The molecule has 0 saturated carbocycles. The van der Waals surface area contributed by atoms with E-state index in [-0.39, 0.29) is 11.9 Å². The summed E-state index contributed by atoms with van der Waals surface area (Å²) in [7, 11) is 1.83. The Morgan fingerprint density at radius 1 is 1.10 bits per heavy atom. The molecule has 4 aromatic rings. The number of benzene rings is 1.